The van der Waals surface area contributed by atoms with Gasteiger partial charge in [-0.3, -0.25) is 4.79 Å². The SMILES string of the molecule is O=C(S)CCNC(=O)OCC1CO1. The van der Waals surface area contributed by atoms with Gasteiger partial charge in [0, 0.05) is 13.0 Å². The van der Waals surface area contributed by atoms with Crippen LogP contribution in [0.4, 0.5) is 4.79 Å². The summed E-state index contributed by atoms with van der Waals surface area (Å²) in [6.45, 7) is 1.19. The Balaban J connectivity index is 1.93. The number of thiol groups is 1. The zero-order chi connectivity index (χ0) is 9.68. The summed E-state index contributed by atoms with van der Waals surface area (Å²) >= 11 is 3.54. The first-order valence-electron chi connectivity index (χ1n) is 3.92. The van der Waals surface area contributed by atoms with Crippen LogP contribution in [0.15, 0.2) is 0 Å². The highest BCUT2D eigenvalue weighted by Crippen LogP contribution is 2.08. The van der Waals surface area contributed by atoms with Crippen LogP contribution in [-0.4, -0.2) is 37.1 Å². The van der Waals surface area contributed by atoms with Crippen LogP contribution in [-0.2, 0) is 14.3 Å². The highest BCUT2D eigenvalue weighted by Gasteiger charge is 2.23. The zero-order valence-corrected chi connectivity index (χ0v) is 7.88. The van der Waals surface area contributed by atoms with Gasteiger partial charge in [-0.15, -0.1) is 12.6 Å². The van der Waals surface area contributed by atoms with E-state index in [0.717, 1.165) is 0 Å². The first-order valence-corrected chi connectivity index (χ1v) is 4.37. The molecule has 6 heteroatoms. The van der Waals surface area contributed by atoms with Crippen molar-refractivity contribution in [3.63, 3.8) is 0 Å². The van der Waals surface area contributed by atoms with E-state index in [1.807, 2.05) is 0 Å². The lowest BCUT2D eigenvalue weighted by Gasteiger charge is -2.03. The lowest BCUT2D eigenvalue weighted by Crippen LogP contribution is -2.27. The number of ether oxygens (including phenoxy) is 2. The molecule has 13 heavy (non-hydrogen) atoms. The maximum Gasteiger partial charge on any atom is 0.407 e. The Morgan fingerprint density at radius 3 is 2.85 bits per heavy atom. The monoisotopic (exact) mass is 205 g/mol. The molecule has 1 amide bonds. The number of amides is 1. The predicted molar refractivity (Wildman–Crippen MR) is 47.7 cm³/mol. The Morgan fingerprint density at radius 1 is 1.62 bits per heavy atom. The van der Waals surface area contributed by atoms with E-state index in [1.165, 1.54) is 0 Å². The van der Waals surface area contributed by atoms with Crippen molar-refractivity contribution < 1.29 is 19.1 Å². The second-order valence-corrected chi connectivity index (χ2v) is 3.12. The van der Waals surface area contributed by atoms with E-state index in [-0.39, 0.29) is 30.8 Å². The van der Waals surface area contributed by atoms with Crippen LogP contribution in [0.3, 0.4) is 0 Å². The van der Waals surface area contributed by atoms with Gasteiger partial charge < -0.3 is 14.8 Å². The van der Waals surface area contributed by atoms with E-state index in [0.29, 0.717) is 6.61 Å². The molecule has 1 aliphatic heterocycles. The molecule has 0 aromatic heterocycles. The van der Waals surface area contributed by atoms with Crippen molar-refractivity contribution in [2.24, 2.45) is 0 Å². The summed E-state index contributed by atoms with van der Waals surface area (Å²) in [5.41, 5.74) is 0. The van der Waals surface area contributed by atoms with Crippen molar-refractivity contribution in [3.05, 3.63) is 0 Å². The molecule has 1 unspecified atom stereocenters. The predicted octanol–water partition coefficient (Wildman–Crippen LogP) is -0.0421. The quantitative estimate of drug-likeness (QED) is 0.488. The maximum atomic E-state index is 10.8. The summed E-state index contributed by atoms with van der Waals surface area (Å²) in [5, 5.41) is 2.15. The van der Waals surface area contributed by atoms with Gasteiger partial charge in [-0.2, -0.15) is 0 Å². The van der Waals surface area contributed by atoms with E-state index in [9.17, 15) is 9.59 Å². The van der Waals surface area contributed by atoms with E-state index < -0.39 is 6.09 Å². The minimum Gasteiger partial charge on any atom is -0.447 e. The second kappa shape index (κ2) is 5.08. The third kappa shape index (κ3) is 5.48. The fourth-order valence-corrected chi connectivity index (χ4v) is 0.767. The molecular formula is C7H11NO4S. The van der Waals surface area contributed by atoms with Crippen molar-refractivity contribution in [1.82, 2.24) is 5.32 Å². The van der Waals surface area contributed by atoms with Gasteiger partial charge in [0.15, 0.2) is 5.12 Å². The molecular weight excluding hydrogens is 194 g/mol. The Bertz CT molecular complexity index is 205. The molecule has 1 aliphatic rings. The maximum absolute atomic E-state index is 10.8. The largest absolute Gasteiger partial charge is 0.447 e. The van der Waals surface area contributed by atoms with Gasteiger partial charge in [0.1, 0.15) is 12.7 Å². The first-order chi connectivity index (χ1) is 6.18. The molecule has 1 atom stereocenters. The lowest BCUT2D eigenvalue weighted by atomic mass is 10.5. The average molecular weight is 205 g/mol. The van der Waals surface area contributed by atoms with E-state index in [1.54, 1.807) is 0 Å². The topological polar surface area (TPSA) is 67.9 Å². The molecule has 0 spiro atoms. The standard InChI is InChI=1S/C7H11NO4S/c9-6(13)1-2-8-7(10)12-4-5-3-11-5/h5H,1-4H2,(H,8,10)(H,9,13). The van der Waals surface area contributed by atoms with E-state index >= 15 is 0 Å². The molecule has 0 saturated carbocycles. The van der Waals surface area contributed by atoms with Crippen LogP contribution >= 0.6 is 12.6 Å². The van der Waals surface area contributed by atoms with E-state index in [4.69, 9.17) is 9.47 Å². The number of nitrogens with one attached hydrogen (secondary N) is 1. The van der Waals surface area contributed by atoms with E-state index in [2.05, 4.69) is 17.9 Å². The van der Waals surface area contributed by atoms with Crippen LogP contribution in [0, 0.1) is 0 Å². The Hall–Kier alpha value is -0.750. The third-order valence-corrected chi connectivity index (χ3v) is 1.63. The minimum absolute atomic E-state index is 0.0669. The van der Waals surface area contributed by atoms with Crippen molar-refractivity contribution >= 4 is 23.8 Å². The number of hydrogen-bond donors (Lipinski definition) is 2. The summed E-state index contributed by atoms with van der Waals surface area (Å²) < 4.78 is 9.57. The molecule has 0 radical (unpaired) electrons. The second-order valence-electron chi connectivity index (χ2n) is 2.62. The normalized spacial score (nSPS) is 19.3. The van der Waals surface area contributed by atoms with Gasteiger partial charge in [-0.25, -0.2) is 4.79 Å². The van der Waals surface area contributed by atoms with Crippen LogP contribution in [0.1, 0.15) is 6.42 Å². The fourth-order valence-electron chi connectivity index (χ4n) is 0.655. The van der Waals surface area contributed by atoms with Gasteiger partial charge in [0.05, 0.1) is 6.61 Å². The van der Waals surface area contributed by atoms with Gasteiger partial charge in [-0.05, 0) is 0 Å². The minimum atomic E-state index is -0.523. The van der Waals surface area contributed by atoms with Crippen molar-refractivity contribution in [2.75, 3.05) is 19.8 Å². The summed E-state index contributed by atoms with van der Waals surface area (Å²) in [5.74, 6) is 0. The number of epoxide rings is 1. The molecule has 1 saturated heterocycles. The first kappa shape index (κ1) is 10.3. The molecule has 0 aromatic rings. The Morgan fingerprint density at radius 2 is 2.31 bits per heavy atom. The number of alkyl carbamates (subject to hydrolysis) is 1. The van der Waals surface area contributed by atoms with Crippen molar-refractivity contribution in [2.45, 2.75) is 12.5 Å². The Kier molecular flexibility index (Phi) is 4.04. The van der Waals surface area contributed by atoms with Gasteiger partial charge in [0.25, 0.3) is 0 Å². The molecule has 1 fully saturated rings. The average Bonchev–Trinajstić information content (AvgIpc) is 2.83. The zero-order valence-electron chi connectivity index (χ0n) is 6.99. The molecule has 1 rings (SSSR count). The molecule has 1 heterocycles. The molecule has 0 aromatic carbocycles. The molecule has 0 bridgehead atoms. The number of carbonyl (C=O) groups excluding carboxylic acids is 2. The van der Waals surface area contributed by atoms with Gasteiger partial charge >= 0.3 is 6.09 Å². The molecule has 1 N–H and O–H groups in total. The van der Waals surface area contributed by atoms with Crippen LogP contribution in [0.5, 0.6) is 0 Å². The highest BCUT2D eigenvalue weighted by atomic mass is 32.1. The smallest absolute Gasteiger partial charge is 0.407 e. The van der Waals surface area contributed by atoms with Crippen LogP contribution < -0.4 is 5.32 Å². The number of carbonyl (C=O) groups is 2. The molecule has 0 aliphatic carbocycles. The molecule has 74 valence electrons. The van der Waals surface area contributed by atoms with Gasteiger partial charge in [-0.1, -0.05) is 0 Å². The Labute approximate surface area is 81.2 Å². The molecule has 5 nitrogen and oxygen atoms in total. The van der Waals surface area contributed by atoms with Crippen molar-refractivity contribution in [1.29, 1.82) is 0 Å². The number of rotatable bonds is 5. The van der Waals surface area contributed by atoms with Crippen LogP contribution in [0.2, 0.25) is 0 Å². The summed E-state index contributed by atoms with van der Waals surface area (Å²) in [7, 11) is 0. The summed E-state index contributed by atoms with van der Waals surface area (Å²) in [4.78, 5) is 21.2. The van der Waals surface area contributed by atoms with Crippen LogP contribution in [0.25, 0.3) is 0 Å². The summed E-state index contributed by atoms with van der Waals surface area (Å²) in [6.07, 6.45) is -0.250. The third-order valence-electron chi connectivity index (χ3n) is 1.41. The highest BCUT2D eigenvalue weighted by molar-refractivity contribution is 7.96. The van der Waals surface area contributed by atoms with Crippen molar-refractivity contribution in [3.8, 4) is 0 Å². The lowest BCUT2D eigenvalue weighted by molar-refractivity contribution is -0.110. The van der Waals surface area contributed by atoms with Gasteiger partial charge in [0.2, 0.25) is 0 Å². The fraction of sp³-hybridized carbons (Fsp3) is 0.714. The summed E-state index contributed by atoms with van der Waals surface area (Å²) in [6, 6.07) is 0. The number of hydrogen-bond acceptors (Lipinski definition) is 4.